The number of likely N-dealkylation sites (N-methyl/N-ethyl adjacent to an activating group) is 1. The van der Waals surface area contributed by atoms with Crippen LogP contribution in [0.1, 0.15) is 11.1 Å². The number of ether oxygens (including phenoxy) is 2. The number of halogens is 1. The second-order valence-electron chi connectivity index (χ2n) is 7.09. The first-order chi connectivity index (χ1) is 14.9. The maximum atomic E-state index is 11.9. The summed E-state index contributed by atoms with van der Waals surface area (Å²) in [4.78, 5) is 28.3. The molecular formula is C21H26IN5O5. The zero-order valence-electron chi connectivity index (χ0n) is 17.9. The van der Waals surface area contributed by atoms with E-state index in [1.54, 1.807) is 26.2 Å². The van der Waals surface area contributed by atoms with Crippen LogP contribution >= 0.6 is 24.0 Å². The van der Waals surface area contributed by atoms with Gasteiger partial charge >= 0.3 is 0 Å². The van der Waals surface area contributed by atoms with Crippen molar-refractivity contribution in [2.24, 2.45) is 4.99 Å². The number of fused-ring (bicyclic) bond motifs is 1. The molecule has 0 unspecified atom stereocenters. The van der Waals surface area contributed by atoms with E-state index in [0.717, 1.165) is 29.0 Å². The molecule has 0 aliphatic carbocycles. The van der Waals surface area contributed by atoms with Crippen LogP contribution in [0.25, 0.3) is 0 Å². The Kier molecular flexibility index (Phi) is 9.50. The van der Waals surface area contributed by atoms with Gasteiger partial charge in [-0.2, -0.15) is 0 Å². The van der Waals surface area contributed by atoms with Gasteiger partial charge in [0.1, 0.15) is 0 Å². The predicted molar refractivity (Wildman–Crippen MR) is 131 cm³/mol. The standard InChI is InChI=1S/C21H25N5O5.HI/c1-25(2)20(27)13-24-21(23-12-16-3-6-17(7-4-16)26(28)29)22-10-9-15-5-8-18-19(11-15)31-14-30-18;/h3-8,11H,9-10,12-14H2,1-2H3,(H2,22,23,24);1H. The maximum absolute atomic E-state index is 11.9. The van der Waals surface area contributed by atoms with Gasteiger partial charge < -0.3 is 25.0 Å². The Bertz CT molecular complexity index is 966. The molecule has 0 atom stereocenters. The number of carbonyl (C=O) groups excluding carboxylic acids is 1. The number of non-ortho nitro benzene ring substituents is 1. The van der Waals surface area contributed by atoms with Gasteiger partial charge in [0, 0.05) is 32.8 Å². The van der Waals surface area contributed by atoms with E-state index in [2.05, 4.69) is 15.6 Å². The average Bonchev–Trinajstić information content (AvgIpc) is 3.23. The van der Waals surface area contributed by atoms with Crippen molar-refractivity contribution in [3.63, 3.8) is 0 Å². The van der Waals surface area contributed by atoms with Crippen LogP contribution in [0.4, 0.5) is 5.69 Å². The molecule has 0 saturated carbocycles. The van der Waals surface area contributed by atoms with Crippen LogP contribution in [0, 0.1) is 10.1 Å². The van der Waals surface area contributed by atoms with Crippen molar-refractivity contribution in [2.45, 2.75) is 13.0 Å². The van der Waals surface area contributed by atoms with Crippen molar-refractivity contribution in [2.75, 3.05) is 34.0 Å². The third kappa shape index (κ3) is 7.25. The lowest BCUT2D eigenvalue weighted by molar-refractivity contribution is -0.384. The average molecular weight is 555 g/mol. The summed E-state index contributed by atoms with van der Waals surface area (Å²) in [5.41, 5.74) is 1.93. The fourth-order valence-corrected chi connectivity index (χ4v) is 2.81. The van der Waals surface area contributed by atoms with E-state index in [-0.39, 0.29) is 48.9 Å². The molecule has 2 aromatic carbocycles. The van der Waals surface area contributed by atoms with Gasteiger partial charge in [0.2, 0.25) is 12.7 Å². The molecule has 10 nitrogen and oxygen atoms in total. The minimum Gasteiger partial charge on any atom is -0.454 e. The van der Waals surface area contributed by atoms with Gasteiger partial charge in [0.25, 0.3) is 5.69 Å². The highest BCUT2D eigenvalue weighted by Crippen LogP contribution is 2.32. The summed E-state index contributed by atoms with van der Waals surface area (Å²) < 4.78 is 10.7. The van der Waals surface area contributed by atoms with Crippen LogP contribution in [0.3, 0.4) is 0 Å². The Labute approximate surface area is 203 Å². The van der Waals surface area contributed by atoms with Crippen molar-refractivity contribution < 1.29 is 19.2 Å². The van der Waals surface area contributed by atoms with Gasteiger partial charge in [-0.25, -0.2) is 4.99 Å². The molecule has 0 saturated heterocycles. The van der Waals surface area contributed by atoms with Crippen LogP contribution < -0.4 is 20.1 Å². The topological polar surface area (TPSA) is 118 Å². The number of amides is 1. The van der Waals surface area contributed by atoms with Crippen molar-refractivity contribution in [3.8, 4) is 11.5 Å². The molecule has 1 heterocycles. The molecule has 0 spiro atoms. The first-order valence-electron chi connectivity index (χ1n) is 9.76. The van der Waals surface area contributed by atoms with E-state index in [0.29, 0.717) is 19.0 Å². The summed E-state index contributed by atoms with van der Waals surface area (Å²) in [7, 11) is 3.37. The summed E-state index contributed by atoms with van der Waals surface area (Å²) in [6.07, 6.45) is 0.719. The highest BCUT2D eigenvalue weighted by atomic mass is 127. The second-order valence-corrected chi connectivity index (χ2v) is 7.09. The van der Waals surface area contributed by atoms with Gasteiger partial charge in [-0.3, -0.25) is 14.9 Å². The second kappa shape index (κ2) is 12.1. The maximum Gasteiger partial charge on any atom is 0.269 e. The number of aliphatic imine (C=N–C) groups is 1. The van der Waals surface area contributed by atoms with Crippen LogP contribution in [0.15, 0.2) is 47.5 Å². The molecule has 0 aromatic heterocycles. The van der Waals surface area contributed by atoms with E-state index in [1.165, 1.54) is 17.0 Å². The minimum atomic E-state index is -0.440. The smallest absolute Gasteiger partial charge is 0.269 e. The summed E-state index contributed by atoms with van der Waals surface area (Å²) in [5, 5.41) is 17.0. The zero-order chi connectivity index (χ0) is 22.2. The summed E-state index contributed by atoms with van der Waals surface area (Å²) in [6.45, 7) is 1.23. The molecule has 32 heavy (non-hydrogen) atoms. The van der Waals surface area contributed by atoms with Crippen molar-refractivity contribution in [1.29, 1.82) is 0 Å². The molecule has 172 valence electrons. The number of carbonyl (C=O) groups is 1. The highest BCUT2D eigenvalue weighted by Gasteiger charge is 2.13. The van der Waals surface area contributed by atoms with Crippen LogP contribution in [0.2, 0.25) is 0 Å². The van der Waals surface area contributed by atoms with Crippen LogP contribution in [-0.2, 0) is 17.8 Å². The molecular weight excluding hydrogens is 529 g/mol. The largest absolute Gasteiger partial charge is 0.454 e. The lowest BCUT2D eigenvalue weighted by atomic mass is 10.1. The Morgan fingerprint density at radius 3 is 2.47 bits per heavy atom. The number of guanidine groups is 1. The van der Waals surface area contributed by atoms with E-state index < -0.39 is 4.92 Å². The number of nitro benzene ring substituents is 1. The fourth-order valence-electron chi connectivity index (χ4n) is 2.81. The summed E-state index contributed by atoms with van der Waals surface area (Å²) in [6, 6.07) is 12.0. The number of hydrogen-bond acceptors (Lipinski definition) is 6. The Hall–Kier alpha value is -3.09. The fraction of sp³-hybridized carbons (Fsp3) is 0.333. The molecule has 1 amide bonds. The monoisotopic (exact) mass is 555 g/mol. The SMILES string of the molecule is CN(C)C(=O)CNC(=NCc1ccc([N+](=O)[O-])cc1)NCCc1ccc2c(c1)OCO2.I. The van der Waals surface area contributed by atoms with Gasteiger partial charge in [0.05, 0.1) is 18.0 Å². The predicted octanol–water partition coefficient (Wildman–Crippen LogP) is 2.31. The lowest BCUT2D eigenvalue weighted by Crippen LogP contribution is -2.43. The first-order valence-corrected chi connectivity index (χ1v) is 9.76. The third-order valence-corrected chi connectivity index (χ3v) is 4.62. The number of rotatable bonds is 8. The number of hydrogen-bond donors (Lipinski definition) is 2. The minimum absolute atomic E-state index is 0. The van der Waals surface area contributed by atoms with E-state index in [1.807, 2.05) is 18.2 Å². The van der Waals surface area contributed by atoms with E-state index in [4.69, 9.17) is 9.47 Å². The van der Waals surface area contributed by atoms with Crippen LogP contribution in [-0.4, -0.2) is 55.7 Å². The molecule has 0 radical (unpaired) electrons. The molecule has 0 fully saturated rings. The van der Waals surface area contributed by atoms with Gasteiger partial charge in [-0.05, 0) is 29.7 Å². The zero-order valence-corrected chi connectivity index (χ0v) is 20.2. The number of nitrogens with zero attached hydrogens (tertiary/aromatic N) is 3. The van der Waals surface area contributed by atoms with Gasteiger partial charge in [-0.15, -0.1) is 24.0 Å². The molecule has 1 aliphatic rings. The summed E-state index contributed by atoms with van der Waals surface area (Å²) in [5.74, 6) is 1.88. The van der Waals surface area contributed by atoms with E-state index >= 15 is 0 Å². The highest BCUT2D eigenvalue weighted by molar-refractivity contribution is 14.0. The lowest BCUT2D eigenvalue weighted by Gasteiger charge is -2.15. The first kappa shape index (κ1) is 25.2. The quantitative estimate of drug-likeness (QED) is 0.169. The van der Waals surface area contributed by atoms with Crippen molar-refractivity contribution in [1.82, 2.24) is 15.5 Å². The molecule has 2 aromatic rings. The van der Waals surface area contributed by atoms with Gasteiger partial charge in [-0.1, -0.05) is 18.2 Å². The van der Waals surface area contributed by atoms with Crippen molar-refractivity contribution >= 4 is 41.5 Å². The molecule has 2 N–H and O–H groups in total. The number of benzene rings is 2. The molecule has 0 bridgehead atoms. The Morgan fingerprint density at radius 1 is 1.09 bits per heavy atom. The number of nitro groups is 1. The van der Waals surface area contributed by atoms with Crippen molar-refractivity contribution in [3.05, 3.63) is 63.7 Å². The molecule has 3 rings (SSSR count). The third-order valence-electron chi connectivity index (χ3n) is 4.62. The normalized spacial score (nSPS) is 12.0. The molecule has 1 aliphatic heterocycles. The number of nitrogens with one attached hydrogen (secondary N) is 2. The Balaban J connectivity index is 0.00000363. The van der Waals surface area contributed by atoms with Crippen LogP contribution in [0.5, 0.6) is 11.5 Å². The van der Waals surface area contributed by atoms with E-state index in [9.17, 15) is 14.9 Å². The van der Waals surface area contributed by atoms with Gasteiger partial charge in [0.15, 0.2) is 17.5 Å². The molecule has 11 heteroatoms. The Morgan fingerprint density at radius 2 is 1.78 bits per heavy atom. The summed E-state index contributed by atoms with van der Waals surface area (Å²) >= 11 is 0.